The van der Waals surface area contributed by atoms with E-state index in [1.807, 2.05) is 25.7 Å². The summed E-state index contributed by atoms with van der Waals surface area (Å²) in [7, 11) is 0. The number of aryl methyl sites for hydroxylation is 1. The second-order valence-electron chi connectivity index (χ2n) is 9.62. The lowest BCUT2D eigenvalue weighted by atomic mass is 9.77. The number of nitrogens with zero attached hydrogens (tertiary/aromatic N) is 1. The van der Waals surface area contributed by atoms with Crippen molar-refractivity contribution in [3.05, 3.63) is 51.2 Å². The molecule has 1 saturated heterocycles. The molecule has 4 nitrogen and oxygen atoms in total. The van der Waals surface area contributed by atoms with Crippen LogP contribution in [0.2, 0.25) is 0 Å². The molecule has 1 N–H and O–H groups in total. The average molecular weight is 411 g/mol. The topological polar surface area (TPSA) is 41.6 Å². The molecule has 2 aliphatic heterocycles. The van der Waals surface area contributed by atoms with Crippen LogP contribution in [0, 0.1) is 5.92 Å². The molecule has 3 heterocycles. The Hall–Kier alpha value is -2.01. The average Bonchev–Trinajstić information content (AvgIpc) is 3.36. The van der Waals surface area contributed by atoms with Gasteiger partial charge in [0.05, 0.1) is 12.1 Å². The molecule has 0 saturated carbocycles. The van der Waals surface area contributed by atoms with Gasteiger partial charge in [-0.05, 0) is 92.0 Å². The fourth-order valence-electron chi connectivity index (χ4n) is 5.40. The summed E-state index contributed by atoms with van der Waals surface area (Å²) in [6, 6.07) is 7.15. The second kappa shape index (κ2) is 7.05. The molecule has 5 rings (SSSR count). The third-order valence-corrected chi connectivity index (χ3v) is 7.29. The van der Waals surface area contributed by atoms with E-state index in [9.17, 15) is 4.79 Å². The number of nitrogens with one attached hydrogen (secondary N) is 1. The SMILES string of the molecule is CC(C)(C)OC(=O)N1CC[C@@H]2[C@H](c3ccsc3)Nc3c(ccc4c3CCCC4)[C@@H]21. The second-order valence-corrected chi connectivity index (χ2v) is 10.4. The number of thiophene rings is 1. The third kappa shape index (κ3) is 3.33. The Morgan fingerprint density at radius 1 is 1.21 bits per heavy atom. The third-order valence-electron chi connectivity index (χ3n) is 6.59. The smallest absolute Gasteiger partial charge is 0.410 e. The Balaban J connectivity index is 1.59. The van der Waals surface area contributed by atoms with Crippen molar-refractivity contribution in [1.29, 1.82) is 0 Å². The van der Waals surface area contributed by atoms with Crippen LogP contribution >= 0.6 is 11.3 Å². The highest BCUT2D eigenvalue weighted by molar-refractivity contribution is 7.08. The Labute approximate surface area is 177 Å². The minimum atomic E-state index is -0.479. The van der Waals surface area contributed by atoms with Crippen molar-refractivity contribution in [3.8, 4) is 0 Å². The number of anilines is 1. The van der Waals surface area contributed by atoms with Crippen molar-refractivity contribution >= 4 is 23.1 Å². The molecule has 5 heteroatoms. The molecule has 29 heavy (non-hydrogen) atoms. The summed E-state index contributed by atoms with van der Waals surface area (Å²) >= 11 is 1.75. The zero-order chi connectivity index (χ0) is 20.2. The van der Waals surface area contributed by atoms with Crippen LogP contribution < -0.4 is 5.32 Å². The van der Waals surface area contributed by atoms with E-state index < -0.39 is 5.60 Å². The zero-order valence-electron chi connectivity index (χ0n) is 17.5. The van der Waals surface area contributed by atoms with E-state index in [0.29, 0.717) is 5.92 Å². The largest absolute Gasteiger partial charge is 0.444 e. The normalized spacial score (nSPS) is 25.6. The number of benzene rings is 1. The Bertz CT molecular complexity index is 916. The highest BCUT2D eigenvalue weighted by Crippen LogP contribution is 2.53. The predicted octanol–water partition coefficient (Wildman–Crippen LogP) is 6.09. The molecule has 0 spiro atoms. The van der Waals surface area contributed by atoms with Gasteiger partial charge in [0.25, 0.3) is 0 Å². The van der Waals surface area contributed by atoms with Crippen LogP contribution in [0.15, 0.2) is 29.0 Å². The first-order valence-corrected chi connectivity index (χ1v) is 11.8. The van der Waals surface area contributed by atoms with Crippen LogP contribution in [0.5, 0.6) is 0 Å². The van der Waals surface area contributed by atoms with E-state index in [1.54, 1.807) is 11.3 Å². The number of ether oxygens (including phenoxy) is 1. The number of amides is 1. The summed E-state index contributed by atoms with van der Waals surface area (Å²) in [4.78, 5) is 15.1. The minimum absolute atomic E-state index is 0.0817. The number of carbonyl (C=O) groups is 1. The molecule has 1 amide bonds. The quantitative estimate of drug-likeness (QED) is 0.618. The number of hydrogen-bond acceptors (Lipinski definition) is 4. The molecule has 0 unspecified atom stereocenters. The molecule has 1 aromatic heterocycles. The van der Waals surface area contributed by atoms with Gasteiger partial charge in [0.15, 0.2) is 0 Å². The molecular weight excluding hydrogens is 380 g/mol. The molecule has 0 radical (unpaired) electrons. The maximum absolute atomic E-state index is 13.1. The summed E-state index contributed by atoms with van der Waals surface area (Å²) in [5.74, 6) is 0.367. The molecule has 3 atom stereocenters. The number of likely N-dealkylation sites (tertiary alicyclic amines) is 1. The number of carbonyl (C=O) groups excluding carboxylic acids is 1. The lowest BCUT2D eigenvalue weighted by Crippen LogP contribution is -2.40. The molecule has 1 fully saturated rings. The van der Waals surface area contributed by atoms with Crippen molar-refractivity contribution in [2.75, 3.05) is 11.9 Å². The summed E-state index contributed by atoms with van der Waals surface area (Å²) in [5, 5.41) is 8.35. The van der Waals surface area contributed by atoms with Crippen molar-refractivity contribution in [3.63, 3.8) is 0 Å². The van der Waals surface area contributed by atoms with Crippen molar-refractivity contribution in [2.24, 2.45) is 5.92 Å². The lowest BCUT2D eigenvalue weighted by molar-refractivity contribution is 0.0198. The first-order chi connectivity index (χ1) is 13.9. The van der Waals surface area contributed by atoms with Crippen molar-refractivity contribution in [1.82, 2.24) is 4.90 Å². The van der Waals surface area contributed by atoms with Crippen LogP contribution in [0.1, 0.15) is 74.4 Å². The van der Waals surface area contributed by atoms with Crippen molar-refractivity contribution in [2.45, 2.75) is 70.6 Å². The van der Waals surface area contributed by atoms with Gasteiger partial charge in [0, 0.05) is 18.2 Å². The maximum Gasteiger partial charge on any atom is 0.410 e. The highest BCUT2D eigenvalue weighted by atomic mass is 32.1. The monoisotopic (exact) mass is 410 g/mol. The standard InChI is InChI=1S/C24H30N2O2S/c1-24(2,3)28-23(27)26-12-10-19-20(16-11-13-29-14-16)25-21-17-7-5-4-6-15(17)8-9-18(21)22(19)26/h8-9,11,13-14,19-20,22,25H,4-7,10,12H2,1-3H3/t19-,20+,22+/m1/s1. The van der Waals surface area contributed by atoms with E-state index in [1.165, 1.54) is 40.8 Å². The lowest BCUT2D eigenvalue weighted by Gasteiger charge is -2.41. The van der Waals surface area contributed by atoms with Gasteiger partial charge in [0.2, 0.25) is 0 Å². The van der Waals surface area contributed by atoms with E-state index >= 15 is 0 Å². The van der Waals surface area contributed by atoms with Crippen LogP contribution in [0.4, 0.5) is 10.5 Å². The summed E-state index contributed by atoms with van der Waals surface area (Å²) in [6.07, 6.45) is 5.63. The van der Waals surface area contributed by atoms with Gasteiger partial charge in [-0.25, -0.2) is 4.79 Å². The van der Waals surface area contributed by atoms with Gasteiger partial charge in [-0.2, -0.15) is 11.3 Å². The highest BCUT2D eigenvalue weighted by Gasteiger charge is 2.48. The number of hydrogen-bond donors (Lipinski definition) is 1. The van der Waals surface area contributed by atoms with Crippen LogP contribution in [-0.2, 0) is 17.6 Å². The predicted molar refractivity (Wildman–Crippen MR) is 118 cm³/mol. The van der Waals surface area contributed by atoms with Crippen LogP contribution in [-0.4, -0.2) is 23.1 Å². The number of fused-ring (bicyclic) bond motifs is 5. The van der Waals surface area contributed by atoms with Gasteiger partial charge >= 0.3 is 6.09 Å². The van der Waals surface area contributed by atoms with Crippen LogP contribution in [0.3, 0.4) is 0 Å². The summed E-state index contributed by atoms with van der Waals surface area (Å²) < 4.78 is 5.79. The molecule has 3 aliphatic rings. The Morgan fingerprint density at radius 2 is 2.03 bits per heavy atom. The summed E-state index contributed by atoms with van der Waals surface area (Å²) in [5.41, 5.74) is 6.39. The fourth-order valence-corrected chi connectivity index (χ4v) is 6.09. The molecular formula is C24H30N2O2S. The summed E-state index contributed by atoms with van der Waals surface area (Å²) in [6.45, 7) is 6.58. The van der Waals surface area contributed by atoms with E-state index in [0.717, 1.165) is 25.8 Å². The molecule has 2 aromatic rings. The van der Waals surface area contributed by atoms with Crippen LogP contribution in [0.25, 0.3) is 0 Å². The van der Waals surface area contributed by atoms with Gasteiger partial charge in [-0.1, -0.05) is 12.1 Å². The minimum Gasteiger partial charge on any atom is -0.444 e. The molecule has 1 aromatic carbocycles. The van der Waals surface area contributed by atoms with Gasteiger partial charge < -0.3 is 15.0 Å². The first-order valence-electron chi connectivity index (χ1n) is 10.9. The fraction of sp³-hybridized carbons (Fsp3) is 0.542. The zero-order valence-corrected chi connectivity index (χ0v) is 18.3. The maximum atomic E-state index is 13.1. The molecule has 154 valence electrons. The molecule has 0 bridgehead atoms. The van der Waals surface area contributed by atoms with Crippen molar-refractivity contribution < 1.29 is 9.53 Å². The van der Waals surface area contributed by atoms with Gasteiger partial charge in [0.1, 0.15) is 5.60 Å². The number of rotatable bonds is 1. The van der Waals surface area contributed by atoms with E-state index in [-0.39, 0.29) is 18.2 Å². The van der Waals surface area contributed by atoms with E-state index in [4.69, 9.17) is 4.74 Å². The first kappa shape index (κ1) is 19.0. The Kier molecular flexibility index (Phi) is 4.61. The van der Waals surface area contributed by atoms with Gasteiger partial charge in [-0.15, -0.1) is 0 Å². The van der Waals surface area contributed by atoms with E-state index in [2.05, 4.69) is 34.3 Å². The van der Waals surface area contributed by atoms with Gasteiger partial charge in [-0.3, -0.25) is 0 Å². The molecule has 1 aliphatic carbocycles. The Morgan fingerprint density at radius 3 is 2.79 bits per heavy atom.